The molecule has 2 aromatic heterocycles. The van der Waals surface area contributed by atoms with Crippen LogP contribution in [0, 0.1) is 30.1 Å². The van der Waals surface area contributed by atoms with Gasteiger partial charge in [-0.3, -0.25) is 0 Å². The zero-order chi connectivity index (χ0) is 20.4. The van der Waals surface area contributed by atoms with E-state index < -0.39 is 0 Å². The fourth-order valence-corrected chi connectivity index (χ4v) is 3.96. The van der Waals surface area contributed by atoms with E-state index in [1.165, 1.54) is 6.42 Å². The number of anilines is 1. The summed E-state index contributed by atoms with van der Waals surface area (Å²) in [5.74, 6) is 3.91. The second-order valence-electron chi connectivity index (χ2n) is 8.01. The molecule has 3 heterocycles. The Morgan fingerprint density at radius 2 is 1.97 bits per heavy atom. The molecule has 1 aliphatic heterocycles. The third-order valence-corrected chi connectivity index (χ3v) is 5.11. The van der Waals surface area contributed by atoms with Crippen LogP contribution in [0.2, 0.25) is 0 Å². The van der Waals surface area contributed by atoms with Gasteiger partial charge in [0.05, 0.1) is 0 Å². The van der Waals surface area contributed by atoms with Gasteiger partial charge in [0.2, 0.25) is 11.6 Å². The molecule has 0 radical (unpaired) electrons. The molecule has 4 rings (SSSR count). The minimum Gasteiger partial charge on any atom is -0.486 e. The Hall–Kier alpha value is -3.20. The SMILES string of the molecule is Cc1cccc(OCc2ccc(-c3nc(C#N)c(N4C[C@H](C)C[C@@H](C)C4)o3)o2)c1. The van der Waals surface area contributed by atoms with Crippen LogP contribution >= 0.6 is 0 Å². The van der Waals surface area contributed by atoms with Gasteiger partial charge in [-0.1, -0.05) is 26.0 Å². The largest absolute Gasteiger partial charge is 0.486 e. The number of hydrogen-bond donors (Lipinski definition) is 0. The Kier molecular flexibility index (Phi) is 5.30. The zero-order valence-corrected chi connectivity index (χ0v) is 17.0. The fourth-order valence-electron chi connectivity index (χ4n) is 3.96. The number of nitrogens with zero attached hydrogens (tertiary/aromatic N) is 3. The standard InChI is InChI=1S/C23H25N3O3/c1-15-5-4-6-18(10-15)27-14-19-7-8-21(28-19)22-25-20(11-24)23(29-22)26-12-16(2)9-17(3)13-26/h4-8,10,16-17H,9,12-14H2,1-3H3/t16-,17-/m1/s1. The van der Waals surface area contributed by atoms with Crippen molar-refractivity contribution in [2.24, 2.45) is 11.8 Å². The van der Waals surface area contributed by atoms with Gasteiger partial charge in [-0.25, -0.2) is 0 Å². The van der Waals surface area contributed by atoms with Crippen molar-refractivity contribution in [1.82, 2.24) is 4.98 Å². The molecule has 6 heteroatoms. The van der Waals surface area contributed by atoms with Crippen molar-refractivity contribution < 1.29 is 13.6 Å². The Morgan fingerprint density at radius 3 is 2.69 bits per heavy atom. The van der Waals surface area contributed by atoms with Gasteiger partial charge in [0.1, 0.15) is 24.2 Å². The molecule has 0 N–H and O–H groups in total. The van der Waals surface area contributed by atoms with Crippen LogP contribution in [-0.2, 0) is 6.61 Å². The summed E-state index contributed by atoms with van der Waals surface area (Å²) in [7, 11) is 0. The van der Waals surface area contributed by atoms with Gasteiger partial charge in [0.25, 0.3) is 5.89 Å². The van der Waals surface area contributed by atoms with Crippen LogP contribution in [0.1, 0.15) is 37.3 Å². The van der Waals surface area contributed by atoms with Crippen molar-refractivity contribution in [3.8, 4) is 23.5 Å². The summed E-state index contributed by atoms with van der Waals surface area (Å²) in [6.07, 6.45) is 1.18. The normalized spacial score (nSPS) is 19.2. The first-order valence-electron chi connectivity index (χ1n) is 9.96. The Labute approximate surface area is 170 Å². The van der Waals surface area contributed by atoms with Crippen LogP contribution in [-0.4, -0.2) is 18.1 Å². The average Bonchev–Trinajstić information content (AvgIpc) is 3.32. The predicted molar refractivity (Wildman–Crippen MR) is 110 cm³/mol. The van der Waals surface area contributed by atoms with Crippen molar-refractivity contribution in [3.63, 3.8) is 0 Å². The molecule has 1 saturated heterocycles. The van der Waals surface area contributed by atoms with Crippen molar-refractivity contribution in [2.75, 3.05) is 18.0 Å². The van der Waals surface area contributed by atoms with E-state index in [-0.39, 0.29) is 0 Å². The smallest absolute Gasteiger partial charge is 0.266 e. The molecule has 1 aromatic carbocycles. The molecular weight excluding hydrogens is 366 g/mol. The number of aryl methyl sites for hydroxylation is 1. The molecule has 0 saturated carbocycles. The number of nitriles is 1. The zero-order valence-electron chi connectivity index (χ0n) is 17.0. The monoisotopic (exact) mass is 391 g/mol. The highest BCUT2D eigenvalue weighted by atomic mass is 16.5. The second-order valence-corrected chi connectivity index (χ2v) is 8.01. The summed E-state index contributed by atoms with van der Waals surface area (Å²) < 4.78 is 17.6. The van der Waals surface area contributed by atoms with E-state index in [2.05, 4.69) is 29.8 Å². The Balaban J connectivity index is 1.50. The minimum atomic E-state index is 0.301. The first kappa shape index (κ1) is 19.1. The van der Waals surface area contributed by atoms with Crippen molar-refractivity contribution in [2.45, 2.75) is 33.8 Å². The maximum atomic E-state index is 9.53. The lowest BCUT2D eigenvalue weighted by molar-refractivity contribution is 0.271. The minimum absolute atomic E-state index is 0.301. The van der Waals surface area contributed by atoms with Crippen LogP contribution in [0.4, 0.5) is 5.88 Å². The topological polar surface area (TPSA) is 75.4 Å². The van der Waals surface area contributed by atoms with Gasteiger partial charge in [-0.15, -0.1) is 0 Å². The average molecular weight is 391 g/mol. The Bertz CT molecular complexity index is 1020. The molecule has 2 atom stereocenters. The van der Waals surface area contributed by atoms with Gasteiger partial charge in [-0.05, 0) is 55.0 Å². The fraction of sp³-hybridized carbons (Fsp3) is 0.391. The van der Waals surface area contributed by atoms with Crippen LogP contribution in [0.5, 0.6) is 5.75 Å². The molecule has 0 unspecified atom stereocenters. The summed E-state index contributed by atoms with van der Waals surface area (Å²) in [5, 5.41) is 9.53. The number of hydrogen-bond acceptors (Lipinski definition) is 6. The number of rotatable bonds is 5. The van der Waals surface area contributed by atoms with Crippen molar-refractivity contribution in [1.29, 1.82) is 5.26 Å². The van der Waals surface area contributed by atoms with E-state index in [1.54, 1.807) is 6.07 Å². The number of aromatic nitrogens is 1. The summed E-state index contributed by atoms with van der Waals surface area (Å²) in [6.45, 7) is 8.50. The molecule has 6 nitrogen and oxygen atoms in total. The van der Waals surface area contributed by atoms with E-state index in [0.29, 0.717) is 47.4 Å². The molecule has 0 amide bonds. The van der Waals surface area contributed by atoms with Crippen LogP contribution < -0.4 is 9.64 Å². The maximum Gasteiger partial charge on any atom is 0.266 e. The van der Waals surface area contributed by atoms with Gasteiger partial charge >= 0.3 is 0 Å². The van der Waals surface area contributed by atoms with E-state index in [9.17, 15) is 5.26 Å². The van der Waals surface area contributed by atoms with Crippen molar-refractivity contribution >= 4 is 5.88 Å². The van der Waals surface area contributed by atoms with Crippen LogP contribution in [0.15, 0.2) is 45.2 Å². The predicted octanol–water partition coefficient (Wildman–Crippen LogP) is 5.18. The third kappa shape index (κ3) is 4.29. The molecular formula is C23H25N3O3. The third-order valence-electron chi connectivity index (χ3n) is 5.11. The summed E-state index contributed by atoms with van der Waals surface area (Å²) >= 11 is 0. The number of furan rings is 1. The van der Waals surface area contributed by atoms with Crippen LogP contribution in [0.3, 0.4) is 0 Å². The van der Waals surface area contributed by atoms with Gasteiger partial charge in [0.15, 0.2) is 5.76 Å². The lowest BCUT2D eigenvalue weighted by atomic mass is 9.92. The number of piperidine rings is 1. The first-order chi connectivity index (χ1) is 14.0. The van der Waals surface area contributed by atoms with E-state index in [1.807, 2.05) is 37.3 Å². The highest BCUT2D eigenvalue weighted by Gasteiger charge is 2.28. The van der Waals surface area contributed by atoms with Crippen molar-refractivity contribution in [3.05, 3.63) is 53.4 Å². The lowest BCUT2D eigenvalue weighted by Crippen LogP contribution is -2.38. The molecule has 3 aromatic rings. The maximum absolute atomic E-state index is 9.53. The molecule has 1 aliphatic rings. The number of benzene rings is 1. The van der Waals surface area contributed by atoms with Crippen LogP contribution in [0.25, 0.3) is 11.7 Å². The second kappa shape index (κ2) is 8.04. The molecule has 29 heavy (non-hydrogen) atoms. The van der Waals surface area contributed by atoms with Gasteiger partial charge < -0.3 is 18.5 Å². The highest BCUT2D eigenvalue weighted by molar-refractivity contribution is 5.56. The summed E-state index contributed by atoms with van der Waals surface area (Å²) in [5.41, 5.74) is 1.44. The van der Waals surface area contributed by atoms with E-state index in [4.69, 9.17) is 13.6 Å². The summed E-state index contributed by atoms with van der Waals surface area (Å²) in [4.78, 5) is 6.49. The highest BCUT2D eigenvalue weighted by Crippen LogP contribution is 2.33. The van der Waals surface area contributed by atoms with Gasteiger partial charge in [-0.2, -0.15) is 10.2 Å². The molecule has 1 fully saturated rings. The molecule has 0 spiro atoms. The number of ether oxygens (including phenoxy) is 1. The van der Waals surface area contributed by atoms with Gasteiger partial charge in [0, 0.05) is 13.1 Å². The molecule has 150 valence electrons. The Morgan fingerprint density at radius 1 is 1.17 bits per heavy atom. The number of oxazole rings is 1. The molecule has 0 bridgehead atoms. The lowest BCUT2D eigenvalue weighted by Gasteiger charge is -2.34. The molecule has 0 aliphatic carbocycles. The first-order valence-corrected chi connectivity index (χ1v) is 9.96. The summed E-state index contributed by atoms with van der Waals surface area (Å²) in [6, 6.07) is 13.7. The van der Waals surface area contributed by atoms with E-state index >= 15 is 0 Å². The quantitative estimate of drug-likeness (QED) is 0.597. The van der Waals surface area contributed by atoms with E-state index in [0.717, 1.165) is 24.4 Å².